The Kier molecular flexibility index (Phi) is 5.67. The lowest BCUT2D eigenvalue weighted by Crippen LogP contribution is -2.51. The number of rotatable bonds is 4. The van der Waals surface area contributed by atoms with Crippen molar-refractivity contribution in [2.75, 3.05) is 33.7 Å². The molecule has 0 bridgehead atoms. The van der Waals surface area contributed by atoms with Crippen molar-refractivity contribution in [3.05, 3.63) is 33.8 Å². The average molecular weight is 363 g/mol. The van der Waals surface area contributed by atoms with Crippen LogP contribution in [0.4, 0.5) is 8.78 Å². The third-order valence-corrected chi connectivity index (χ3v) is 4.73. The van der Waals surface area contributed by atoms with Crippen LogP contribution in [0, 0.1) is 11.6 Å². The number of nitrogens with two attached hydrogens (primary N) is 1. The molecule has 118 valence electrons. The van der Waals surface area contributed by atoms with Crippen molar-refractivity contribution in [2.24, 2.45) is 5.84 Å². The Hall–Kier alpha value is -0.600. The van der Waals surface area contributed by atoms with Gasteiger partial charge in [0.2, 0.25) is 0 Å². The molecule has 2 rings (SSSR count). The number of hydrazine groups is 1. The molecule has 0 aromatic heterocycles. The van der Waals surface area contributed by atoms with Crippen molar-refractivity contribution < 1.29 is 8.78 Å². The highest BCUT2D eigenvalue weighted by Gasteiger charge is 2.28. The zero-order valence-corrected chi connectivity index (χ0v) is 13.8. The van der Waals surface area contributed by atoms with Gasteiger partial charge in [-0.05, 0) is 48.6 Å². The SMILES string of the molecule is CN1CCN(C)C(CC(NN)c2c(F)ccc(Br)c2F)C1. The van der Waals surface area contributed by atoms with Gasteiger partial charge < -0.3 is 9.80 Å². The summed E-state index contributed by atoms with van der Waals surface area (Å²) in [7, 11) is 4.07. The number of nitrogens with one attached hydrogen (secondary N) is 1. The normalized spacial score (nSPS) is 22.5. The second kappa shape index (κ2) is 7.11. The van der Waals surface area contributed by atoms with E-state index in [1.165, 1.54) is 12.1 Å². The molecule has 1 aromatic carbocycles. The second-order valence-electron chi connectivity index (χ2n) is 5.61. The van der Waals surface area contributed by atoms with Gasteiger partial charge in [-0.1, -0.05) is 0 Å². The summed E-state index contributed by atoms with van der Waals surface area (Å²) in [6, 6.07) is 2.25. The highest BCUT2D eigenvalue weighted by molar-refractivity contribution is 9.10. The van der Waals surface area contributed by atoms with Gasteiger partial charge in [-0.2, -0.15) is 0 Å². The predicted octanol–water partition coefficient (Wildman–Crippen LogP) is 1.87. The molecule has 2 atom stereocenters. The van der Waals surface area contributed by atoms with Crippen LogP contribution in [0.2, 0.25) is 0 Å². The Morgan fingerprint density at radius 1 is 1.38 bits per heavy atom. The van der Waals surface area contributed by atoms with Crippen LogP contribution in [0.3, 0.4) is 0 Å². The first-order valence-corrected chi connectivity index (χ1v) is 7.71. The van der Waals surface area contributed by atoms with Crippen LogP contribution >= 0.6 is 15.9 Å². The average Bonchev–Trinajstić information content (AvgIpc) is 2.45. The summed E-state index contributed by atoms with van der Waals surface area (Å²) in [5.41, 5.74) is 2.56. The van der Waals surface area contributed by atoms with Crippen LogP contribution in [-0.4, -0.2) is 49.6 Å². The van der Waals surface area contributed by atoms with Crippen LogP contribution in [0.1, 0.15) is 18.0 Å². The molecule has 0 amide bonds. The van der Waals surface area contributed by atoms with E-state index in [1.54, 1.807) is 0 Å². The molecule has 1 aromatic rings. The van der Waals surface area contributed by atoms with Crippen molar-refractivity contribution in [3.8, 4) is 0 Å². The molecule has 21 heavy (non-hydrogen) atoms. The highest BCUT2D eigenvalue weighted by Crippen LogP contribution is 2.30. The van der Waals surface area contributed by atoms with Gasteiger partial charge in [0.25, 0.3) is 0 Å². The van der Waals surface area contributed by atoms with E-state index in [2.05, 4.69) is 31.2 Å². The van der Waals surface area contributed by atoms with Gasteiger partial charge in [-0.25, -0.2) is 8.78 Å². The van der Waals surface area contributed by atoms with Gasteiger partial charge in [0.05, 0.1) is 10.5 Å². The van der Waals surface area contributed by atoms with Crippen molar-refractivity contribution in [1.82, 2.24) is 15.2 Å². The first kappa shape index (κ1) is 16.8. The quantitative estimate of drug-likeness (QED) is 0.487. The van der Waals surface area contributed by atoms with Gasteiger partial charge in [0.15, 0.2) is 0 Å². The lowest BCUT2D eigenvalue weighted by Gasteiger charge is -2.39. The van der Waals surface area contributed by atoms with Crippen LogP contribution in [0.25, 0.3) is 0 Å². The summed E-state index contributed by atoms with van der Waals surface area (Å²) in [6.07, 6.45) is 0.543. The monoisotopic (exact) mass is 362 g/mol. The fourth-order valence-corrected chi connectivity index (χ4v) is 3.11. The molecule has 0 aliphatic carbocycles. The lowest BCUT2D eigenvalue weighted by molar-refractivity contribution is 0.100. The second-order valence-corrected chi connectivity index (χ2v) is 6.46. The van der Waals surface area contributed by atoms with Crippen LogP contribution in [-0.2, 0) is 0 Å². The maximum absolute atomic E-state index is 14.2. The van der Waals surface area contributed by atoms with E-state index in [4.69, 9.17) is 5.84 Å². The maximum atomic E-state index is 14.2. The van der Waals surface area contributed by atoms with E-state index in [0.717, 1.165) is 19.6 Å². The summed E-state index contributed by atoms with van der Waals surface area (Å²) < 4.78 is 28.5. The van der Waals surface area contributed by atoms with Gasteiger partial charge in [-0.15, -0.1) is 0 Å². The van der Waals surface area contributed by atoms with Crippen LogP contribution < -0.4 is 11.3 Å². The summed E-state index contributed by atoms with van der Waals surface area (Å²) in [5, 5.41) is 0. The molecular formula is C14H21BrF2N4. The predicted molar refractivity (Wildman–Crippen MR) is 82.7 cm³/mol. The van der Waals surface area contributed by atoms with E-state index in [9.17, 15) is 8.78 Å². The third-order valence-electron chi connectivity index (χ3n) is 4.12. The molecule has 0 radical (unpaired) electrons. The first-order chi connectivity index (χ1) is 9.93. The highest BCUT2D eigenvalue weighted by atomic mass is 79.9. The molecule has 1 fully saturated rings. The Bertz CT molecular complexity index is 500. The van der Waals surface area contributed by atoms with Gasteiger partial charge in [0, 0.05) is 31.2 Å². The Morgan fingerprint density at radius 2 is 2.10 bits per heavy atom. The minimum Gasteiger partial charge on any atom is -0.304 e. The largest absolute Gasteiger partial charge is 0.304 e. The van der Waals surface area contributed by atoms with E-state index in [1.807, 2.05) is 14.1 Å². The molecule has 2 unspecified atom stereocenters. The summed E-state index contributed by atoms with van der Waals surface area (Å²) >= 11 is 3.10. The fraction of sp³-hybridized carbons (Fsp3) is 0.571. The molecular weight excluding hydrogens is 342 g/mol. The zero-order chi connectivity index (χ0) is 15.6. The summed E-state index contributed by atoms with van der Waals surface area (Å²) in [4.78, 5) is 4.42. The number of nitrogens with zero attached hydrogens (tertiary/aromatic N) is 2. The lowest BCUT2D eigenvalue weighted by atomic mass is 9.96. The molecule has 3 N–H and O–H groups in total. The van der Waals surface area contributed by atoms with Crippen LogP contribution in [0.15, 0.2) is 16.6 Å². The molecule has 1 aliphatic rings. The molecule has 1 saturated heterocycles. The Balaban J connectivity index is 2.22. The van der Waals surface area contributed by atoms with E-state index in [-0.39, 0.29) is 16.1 Å². The van der Waals surface area contributed by atoms with Crippen molar-refractivity contribution >= 4 is 15.9 Å². The number of piperazine rings is 1. The van der Waals surface area contributed by atoms with Crippen molar-refractivity contribution in [1.29, 1.82) is 0 Å². The Labute approximate surface area is 132 Å². The van der Waals surface area contributed by atoms with Gasteiger partial charge >= 0.3 is 0 Å². The number of hydrogen-bond donors (Lipinski definition) is 2. The van der Waals surface area contributed by atoms with Crippen molar-refractivity contribution in [2.45, 2.75) is 18.5 Å². The summed E-state index contributed by atoms with van der Waals surface area (Å²) in [6.45, 7) is 2.78. The fourth-order valence-electron chi connectivity index (χ4n) is 2.76. The minimum absolute atomic E-state index is 0.00602. The number of hydrogen-bond acceptors (Lipinski definition) is 4. The van der Waals surface area contributed by atoms with Crippen LogP contribution in [0.5, 0.6) is 0 Å². The minimum atomic E-state index is -0.593. The maximum Gasteiger partial charge on any atom is 0.145 e. The smallest absolute Gasteiger partial charge is 0.145 e. The number of benzene rings is 1. The van der Waals surface area contributed by atoms with Crippen molar-refractivity contribution in [3.63, 3.8) is 0 Å². The molecule has 4 nitrogen and oxygen atoms in total. The molecule has 1 aliphatic heterocycles. The van der Waals surface area contributed by atoms with E-state index in [0.29, 0.717) is 6.42 Å². The van der Waals surface area contributed by atoms with E-state index < -0.39 is 17.7 Å². The zero-order valence-electron chi connectivity index (χ0n) is 12.2. The number of likely N-dealkylation sites (N-methyl/N-ethyl adjacent to an activating group) is 2. The first-order valence-electron chi connectivity index (χ1n) is 6.92. The Morgan fingerprint density at radius 3 is 2.76 bits per heavy atom. The molecule has 1 heterocycles. The van der Waals surface area contributed by atoms with E-state index >= 15 is 0 Å². The topological polar surface area (TPSA) is 44.5 Å². The number of halogens is 3. The van der Waals surface area contributed by atoms with Gasteiger partial charge in [0.1, 0.15) is 11.6 Å². The molecule has 7 heteroatoms. The molecule has 0 saturated carbocycles. The third kappa shape index (κ3) is 3.78. The standard InChI is InChI=1S/C14H21BrF2N4/c1-20-5-6-21(2)9(8-20)7-12(19-18)13-11(16)4-3-10(15)14(13)17/h3-4,9,12,19H,5-8,18H2,1-2H3. The van der Waals surface area contributed by atoms with Gasteiger partial charge in [-0.3, -0.25) is 11.3 Å². The molecule has 0 spiro atoms. The summed E-state index contributed by atoms with van der Waals surface area (Å²) in [5.74, 6) is 4.39.